The van der Waals surface area contributed by atoms with E-state index in [1.54, 1.807) is 0 Å². The van der Waals surface area contributed by atoms with Crippen molar-refractivity contribution < 1.29 is 4.79 Å². The molecule has 5 heteroatoms. The smallest absolute Gasteiger partial charge is 0.225 e. The first kappa shape index (κ1) is 15.7. The molecule has 0 unspecified atom stereocenters. The van der Waals surface area contributed by atoms with Crippen molar-refractivity contribution in [3.8, 4) is 5.69 Å². The number of benzene rings is 1. The van der Waals surface area contributed by atoms with Crippen LogP contribution in [0.1, 0.15) is 50.1 Å². The van der Waals surface area contributed by atoms with Crippen LogP contribution in [0.15, 0.2) is 36.4 Å². The van der Waals surface area contributed by atoms with Gasteiger partial charge in [-0.1, -0.05) is 31.0 Å². The third-order valence-electron chi connectivity index (χ3n) is 4.38. The topological polar surface area (TPSA) is 72.9 Å². The number of carbonyl (C=O) groups excluding carboxylic acids is 1. The van der Waals surface area contributed by atoms with Crippen LogP contribution < -0.4 is 11.1 Å². The quantitative estimate of drug-likeness (QED) is 0.860. The third-order valence-corrected chi connectivity index (χ3v) is 4.38. The SMILES string of the molecule is NCCCC(=O)Nc1cc(C2CCCC2)nn1-c1ccccc1. The number of nitrogens with zero attached hydrogens (tertiary/aromatic N) is 2. The van der Waals surface area contributed by atoms with Gasteiger partial charge in [0.05, 0.1) is 11.4 Å². The predicted octanol–water partition coefficient (Wildman–Crippen LogP) is 3.21. The van der Waals surface area contributed by atoms with Gasteiger partial charge in [-0.2, -0.15) is 5.10 Å². The van der Waals surface area contributed by atoms with Crippen molar-refractivity contribution in [2.45, 2.75) is 44.4 Å². The second-order valence-corrected chi connectivity index (χ2v) is 6.12. The number of aromatic nitrogens is 2. The molecular formula is C18H24N4O. The summed E-state index contributed by atoms with van der Waals surface area (Å²) in [5.74, 6) is 1.25. The number of hydrogen-bond acceptors (Lipinski definition) is 3. The molecule has 1 aliphatic carbocycles. The van der Waals surface area contributed by atoms with Gasteiger partial charge in [0, 0.05) is 18.4 Å². The molecule has 1 amide bonds. The lowest BCUT2D eigenvalue weighted by Gasteiger charge is -2.08. The van der Waals surface area contributed by atoms with Crippen molar-refractivity contribution in [2.75, 3.05) is 11.9 Å². The molecular weight excluding hydrogens is 288 g/mol. The lowest BCUT2D eigenvalue weighted by Crippen LogP contribution is -2.16. The molecule has 0 atom stereocenters. The van der Waals surface area contributed by atoms with Crippen LogP contribution in [0.3, 0.4) is 0 Å². The van der Waals surface area contributed by atoms with Crippen LogP contribution >= 0.6 is 0 Å². The highest BCUT2D eigenvalue weighted by molar-refractivity contribution is 5.90. The maximum Gasteiger partial charge on any atom is 0.225 e. The molecule has 1 saturated carbocycles. The number of para-hydroxylation sites is 1. The number of amides is 1. The summed E-state index contributed by atoms with van der Waals surface area (Å²) < 4.78 is 1.84. The van der Waals surface area contributed by atoms with E-state index in [2.05, 4.69) is 5.32 Å². The molecule has 1 fully saturated rings. The summed E-state index contributed by atoms with van der Waals surface area (Å²) in [6, 6.07) is 12.0. The third kappa shape index (κ3) is 3.79. The van der Waals surface area contributed by atoms with Crippen molar-refractivity contribution in [3.05, 3.63) is 42.1 Å². The largest absolute Gasteiger partial charge is 0.330 e. The van der Waals surface area contributed by atoms with Gasteiger partial charge in [0.15, 0.2) is 0 Å². The molecule has 3 rings (SSSR count). The molecule has 0 aliphatic heterocycles. The van der Waals surface area contributed by atoms with Crippen molar-refractivity contribution in [1.29, 1.82) is 0 Å². The standard InChI is InChI=1S/C18H24N4O/c19-12-6-11-18(23)20-17-13-16(14-7-4-5-8-14)21-22(17)15-9-2-1-3-10-15/h1-3,9-10,13-14H,4-8,11-12,19H2,(H,20,23). The molecule has 23 heavy (non-hydrogen) atoms. The van der Waals surface area contributed by atoms with E-state index >= 15 is 0 Å². The zero-order chi connectivity index (χ0) is 16.1. The van der Waals surface area contributed by atoms with Crippen LogP contribution in [0, 0.1) is 0 Å². The van der Waals surface area contributed by atoms with Gasteiger partial charge >= 0.3 is 0 Å². The fraction of sp³-hybridized carbons (Fsp3) is 0.444. The Hall–Kier alpha value is -2.14. The minimum Gasteiger partial charge on any atom is -0.330 e. The average Bonchev–Trinajstić information content (AvgIpc) is 3.23. The van der Waals surface area contributed by atoms with Crippen LogP contribution in [-0.4, -0.2) is 22.2 Å². The van der Waals surface area contributed by atoms with Crippen molar-refractivity contribution in [2.24, 2.45) is 5.73 Å². The molecule has 1 aliphatic rings. The maximum absolute atomic E-state index is 12.1. The van der Waals surface area contributed by atoms with Gasteiger partial charge in [-0.05, 0) is 37.9 Å². The van der Waals surface area contributed by atoms with E-state index in [0.29, 0.717) is 25.3 Å². The van der Waals surface area contributed by atoms with E-state index in [4.69, 9.17) is 10.8 Å². The summed E-state index contributed by atoms with van der Waals surface area (Å²) in [6.07, 6.45) is 6.04. The molecule has 3 N–H and O–H groups in total. The van der Waals surface area contributed by atoms with Crippen LogP contribution in [0.2, 0.25) is 0 Å². The Labute approximate surface area is 136 Å². The highest BCUT2D eigenvalue weighted by Crippen LogP contribution is 2.35. The summed E-state index contributed by atoms with van der Waals surface area (Å²) in [6.45, 7) is 0.526. The lowest BCUT2D eigenvalue weighted by atomic mass is 10.0. The molecule has 1 aromatic carbocycles. The van der Waals surface area contributed by atoms with Gasteiger partial charge in [0.2, 0.25) is 5.91 Å². The highest BCUT2D eigenvalue weighted by atomic mass is 16.1. The van der Waals surface area contributed by atoms with Gasteiger partial charge in [-0.3, -0.25) is 4.79 Å². The zero-order valence-corrected chi connectivity index (χ0v) is 13.4. The number of carbonyl (C=O) groups is 1. The molecule has 5 nitrogen and oxygen atoms in total. The fourth-order valence-corrected chi connectivity index (χ4v) is 3.14. The molecule has 1 heterocycles. The predicted molar refractivity (Wildman–Crippen MR) is 91.7 cm³/mol. The number of nitrogens with two attached hydrogens (primary N) is 1. The Morgan fingerprint density at radius 1 is 1.26 bits per heavy atom. The summed E-state index contributed by atoms with van der Waals surface area (Å²) in [5, 5.41) is 7.77. The molecule has 1 aromatic heterocycles. The first-order valence-corrected chi connectivity index (χ1v) is 8.43. The van der Waals surface area contributed by atoms with E-state index in [1.165, 1.54) is 25.7 Å². The van der Waals surface area contributed by atoms with E-state index in [9.17, 15) is 4.79 Å². The van der Waals surface area contributed by atoms with E-state index in [1.807, 2.05) is 41.1 Å². The van der Waals surface area contributed by atoms with Crippen molar-refractivity contribution in [1.82, 2.24) is 9.78 Å². The summed E-state index contributed by atoms with van der Waals surface area (Å²) in [7, 11) is 0. The Kier molecular flexibility index (Phi) is 5.08. The number of nitrogens with one attached hydrogen (secondary N) is 1. The molecule has 0 bridgehead atoms. The van der Waals surface area contributed by atoms with Gasteiger partial charge in [-0.15, -0.1) is 0 Å². The molecule has 0 radical (unpaired) electrons. The lowest BCUT2D eigenvalue weighted by molar-refractivity contribution is -0.116. The van der Waals surface area contributed by atoms with Crippen molar-refractivity contribution >= 4 is 11.7 Å². The second kappa shape index (κ2) is 7.42. The number of anilines is 1. The number of rotatable bonds is 6. The van der Waals surface area contributed by atoms with Crippen LogP contribution in [0.5, 0.6) is 0 Å². The fourth-order valence-electron chi connectivity index (χ4n) is 3.14. The molecule has 2 aromatic rings. The summed E-state index contributed by atoms with van der Waals surface area (Å²) in [5.41, 5.74) is 7.53. The second-order valence-electron chi connectivity index (χ2n) is 6.12. The Bertz CT molecular complexity index is 644. The van der Waals surface area contributed by atoms with Crippen molar-refractivity contribution in [3.63, 3.8) is 0 Å². The zero-order valence-electron chi connectivity index (χ0n) is 13.4. The first-order valence-electron chi connectivity index (χ1n) is 8.43. The molecule has 0 spiro atoms. The van der Waals surface area contributed by atoms with Gasteiger partial charge in [0.1, 0.15) is 5.82 Å². The Morgan fingerprint density at radius 3 is 2.70 bits per heavy atom. The maximum atomic E-state index is 12.1. The van der Waals surface area contributed by atoms with Crippen LogP contribution in [0.4, 0.5) is 5.82 Å². The van der Waals surface area contributed by atoms with Gasteiger partial charge in [-0.25, -0.2) is 4.68 Å². The minimum atomic E-state index is -0.00879. The number of hydrogen-bond donors (Lipinski definition) is 2. The van der Waals surface area contributed by atoms with E-state index in [-0.39, 0.29) is 5.91 Å². The Morgan fingerprint density at radius 2 is 2.00 bits per heavy atom. The van der Waals surface area contributed by atoms with Crippen LogP contribution in [0.25, 0.3) is 5.69 Å². The average molecular weight is 312 g/mol. The highest BCUT2D eigenvalue weighted by Gasteiger charge is 2.22. The van der Waals surface area contributed by atoms with Gasteiger partial charge in [0.25, 0.3) is 0 Å². The first-order chi connectivity index (χ1) is 11.3. The van der Waals surface area contributed by atoms with Crippen LogP contribution in [-0.2, 0) is 4.79 Å². The summed E-state index contributed by atoms with van der Waals surface area (Å²) >= 11 is 0. The Balaban J connectivity index is 1.87. The monoisotopic (exact) mass is 312 g/mol. The molecule has 0 saturated heterocycles. The molecule has 122 valence electrons. The van der Waals surface area contributed by atoms with Gasteiger partial charge < -0.3 is 11.1 Å². The van der Waals surface area contributed by atoms with E-state index < -0.39 is 0 Å². The minimum absolute atomic E-state index is 0.00879. The summed E-state index contributed by atoms with van der Waals surface area (Å²) in [4.78, 5) is 12.1. The van der Waals surface area contributed by atoms with E-state index in [0.717, 1.165) is 17.2 Å². The normalized spacial score (nSPS) is 15.0.